The Morgan fingerprint density at radius 3 is 2.61 bits per heavy atom. The van der Waals surface area contributed by atoms with E-state index in [0.717, 1.165) is 12.8 Å². The van der Waals surface area contributed by atoms with Crippen molar-refractivity contribution in [2.24, 2.45) is 0 Å². The van der Waals surface area contributed by atoms with E-state index in [-0.39, 0.29) is 11.7 Å². The van der Waals surface area contributed by atoms with Crippen molar-refractivity contribution in [1.29, 1.82) is 0 Å². The van der Waals surface area contributed by atoms with Crippen molar-refractivity contribution < 1.29 is 9.90 Å². The van der Waals surface area contributed by atoms with Gasteiger partial charge in [-0.1, -0.05) is 19.3 Å². The van der Waals surface area contributed by atoms with Gasteiger partial charge in [-0.2, -0.15) is 0 Å². The average Bonchev–Trinajstić information content (AvgIpc) is 2.41. The van der Waals surface area contributed by atoms with Crippen molar-refractivity contribution >= 4 is 21.8 Å². The van der Waals surface area contributed by atoms with E-state index in [1.807, 2.05) is 11.9 Å². The summed E-state index contributed by atoms with van der Waals surface area (Å²) in [6.45, 7) is 0. The lowest BCUT2D eigenvalue weighted by Crippen LogP contribution is -2.38. The van der Waals surface area contributed by atoms with Gasteiger partial charge in [0.05, 0.1) is 4.47 Å². The van der Waals surface area contributed by atoms with Crippen molar-refractivity contribution in [2.75, 3.05) is 7.05 Å². The molecule has 0 saturated heterocycles. The fourth-order valence-electron chi connectivity index (χ4n) is 2.48. The van der Waals surface area contributed by atoms with Crippen LogP contribution in [0.25, 0.3) is 0 Å². The number of hydrogen-bond donors (Lipinski definition) is 1. The van der Waals surface area contributed by atoms with Gasteiger partial charge < -0.3 is 10.0 Å². The molecule has 1 N–H and O–H groups in total. The Kier molecular flexibility index (Phi) is 4.27. The zero-order valence-corrected chi connectivity index (χ0v) is 12.1. The van der Waals surface area contributed by atoms with Crippen LogP contribution in [-0.2, 0) is 0 Å². The number of carbonyl (C=O) groups excluding carboxylic acids is 1. The second-order valence-electron chi connectivity index (χ2n) is 4.87. The van der Waals surface area contributed by atoms with Crippen molar-refractivity contribution in [3.63, 3.8) is 0 Å². The smallest absolute Gasteiger partial charge is 0.253 e. The fraction of sp³-hybridized carbons (Fsp3) is 0.500. The molecule has 0 aromatic heterocycles. The first-order valence-corrected chi connectivity index (χ1v) is 7.14. The Morgan fingerprint density at radius 2 is 2.00 bits per heavy atom. The molecule has 0 aliphatic heterocycles. The summed E-state index contributed by atoms with van der Waals surface area (Å²) in [6, 6.07) is 5.31. The minimum absolute atomic E-state index is 0.00954. The molecule has 2 rings (SSSR count). The van der Waals surface area contributed by atoms with Gasteiger partial charge >= 0.3 is 0 Å². The summed E-state index contributed by atoms with van der Waals surface area (Å²) in [5.74, 6) is 0.0996. The highest BCUT2D eigenvalue weighted by atomic mass is 79.9. The molecule has 3 nitrogen and oxygen atoms in total. The maximum atomic E-state index is 12.3. The molecule has 4 heteroatoms. The lowest BCUT2D eigenvalue weighted by Gasteiger charge is -2.31. The van der Waals surface area contributed by atoms with Gasteiger partial charge in [0.1, 0.15) is 5.75 Å². The topological polar surface area (TPSA) is 40.5 Å². The average molecular weight is 312 g/mol. The van der Waals surface area contributed by atoms with Gasteiger partial charge in [0, 0.05) is 18.7 Å². The van der Waals surface area contributed by atoms with Gasteiger partial charge in [-0.3, -0.25) is 4.79 Å². The summed E-state index contributed by atoms with van der Waals surface area (Å²) < 4.78 is 0.611. The SMILES string of the molecule is CN(C(=O)c1ccc(Br)c(O)c1)C1CCCCC1. The van der Waals surface area contributed by atoms with Crippen LogP contribution in [0.15, 0.2) is 22.7 Å². The van der Waals surface area contributed by atoms with Crippen LogP contribution in [0.3, 0.4) is 0 Å². The molecule has 1 aliphatic rings. The molecule has 0 atom stereocenters. The molecular weight excluding hydrogens is 294 g/mol. The van der Waals surface area contributed by atoms with E-state index in [4.69, 9.17) is 0 Å². The zero-order valence-electron chi connectivity index (χ0n) is 10.5. The van der Waals surface area contributed by atoms with E-state index in [1.165, 1.54) is 25.3 Å². The lowest BCUT2D eigenvalue weighted by molar-refractivity contribution is 0.0696. The number of benzene rings is 1. The third-order valence-electron chi connectivity index (χ3n) is 3.64. The second-order valence-corrected chi connectivity index (χ2v) is 5.73. The largest absolute Gasteiger partial charge is 0.507 e. The third-order valence-corrected chi connectivity index (χ3v) is 4.31. The Balaban J connectivity index is 2.11. The Bertz CT molecular complexity index is 441. The lowest BCUT2D eigenvalue weighted by atomic mass is 9.94. The van der Waals surface area contributed by atoms with Gasteiger partial charge in [-0.25, -0.2) is 0 Å². The zero-order chi connectivity index (χ0) is 13.1. The number of phenols is 1. The van der Waals surface area contributed by atoms with Crippen LogP contribution in [0.5, 0.6) is 5.75 Å². The Hall–Kier alpha value is -1.03. The van der Waals surface area contributed by atoms with E-state index in [0.29, 0.717) is 16.1 Å². The van der Waals surface area contributed by atoms with Gasteiger partial charge in [0.2, 0.25) is 0 Å². The predicted octanol–water partition coefficient (Wildman–Crippen LogP) is 3.56. The van der Waals surface area contributed by atoms with E-state index < -0.39 is 0 Å². The quantitative estimate of drug-likeness (QED) is 0.907. The van der Waals surface area contributed by atoms with Gasteiger partial charge in [-0.05, 0) is 47.0 Å². The van der Waals surface area contributed by atoms with E-state index in [9.17, 15) is 9.90 Å². The molecule has 1 aromatic rings. The molecule has 1 aliphatic carbocycles. The molecule has 0 unspecified atom stereocenters. The number of rotatable bonds is 2. The highest BCUT2D eigenvalue weighted by Gasteiger charge is 2.23. The van der Waals surface area contributed by atoms with Crippen LogP contribution < -0.4 is 0 Å². The summed E-state index contributed by atoms with van der Waals surface area (Å²) in [7, 11) is 1.86. The normalized spacial score (nSPS) is 16.6. The van der Waals surface area contributed by atoms with Gasteiger partial charge in [0.25, 0.3) is 5.91 Å². The number of carbonyl (C=O) groups is 1. The minimum Gasteiger partial charge on any atom is -0.507 e. The monoisotopic (exact) mass is 311 g/mol. The van der Waals surface area contributed by atoms with Crippen molar-refractivity contribution in [3.05, 3.63) is 28.2 Å². The summed E-state index contributed by atoms with van der Waals surface area (Å²) in [6.07, 6.45) is 5.86. The van der Waals surface area contributed by atoms with Crippen molar-refractivity contribution in [2.45, 2.75) is 38.1 Å². The molecule has 0 spiro atoms. The summed E-state index contributed by atoms with van der Waals surface area (Å²) in [4.78, 5) is 14.1. The Labute approximate surface area is 116 Å². The number of amides is 1. The molecule has 18 heavy (non-hydrogen) atoms. The van der Waals surface area contributed by atoms with Gasteiger partial charge in [-0.15, -0.1) is 0 Å². The fourth-order valence-corrected chi connectivity index (χ4v) is 2.73. The molecule has 98 valence electrons. The van der Waals surface area contributed by atoms with E-state index >= 15 is 0 Å². The first kappa shape index (κ1) is 13.4. The van der Waals surface area contributed by atoms with Crippen LogP contribution >= 0.6 is 15.9 Å². The standard InChI is InChI=1S/C14H18BrNO2/c1-16(11-5-3-2-4-6-11)14(18)10-7-8-12(15)13(17)9-10/h7-9,11,17H,2-6H2,1H3. The first-order valence-electron chi connectivity index (χ1n) is 6.35. The third kappa shape index (κ3) is 2.86. The van der Waals surface area contributed by atoms with Crippen LogP contribution in [0, 0.1) is 0 Å². The van der Waals surface area contributed by atoms with Crippen LogP contribution in [0.2, 0.25) is 0 Å². The van der Waals surface area contributed by atoms with Crippen LogP contribution in [0.4, 0.5) is 0 Å². The first-order chi connectivity index (χ1) is 8.59. The van der Waals surface area contributed by atoms with Crippen molar-refractivity contribution in [3.8, 4) is 5.75 Å². The van der Waals surface area contributed by atoms with E-state index in [2.05, 4.69) is 15.9 Å². The highest BCUT2D eigenvalue weighted by Crippen LogP contribution is 2.27. The highest BCUT2D eigenvalue weighted by molar-refractivity contribution is 9.10. The second kappa shape index (κ2) is 5.74. The van der Waals surface area contributed by atoms with E-state index in [1.54, 1.807) is 12.1 Å². The molecule has 1 aromatic carbocycles. The number of nitrogens with zero attached hydrogens (tertiary/aromatic N) is 1. The molecule has 1 saturated carbocycles. The minimum atomic E-state index is -0.00954. The Morgan fingerprint density at radius 1 is 1.33 bits per heavy atom. The number of aromatic hydroxyl groups is 1. The van der Waals surface area contributed by atoms with Crippen LogP contribution in [0.1, 0.15) is 42.5 Å². The van der Waals surface area contributed by atoms with Crippen molar-refractivity contribution in [1.82, 2.24) is 4.90 Å². The predicted molar refractivity (Wildman–Crippen MR) is 74.8 cm³/mol. The summed E-state index contributed by atoms with van der Waals surface area (Å²) in [5.41, 5.74) is 0.545. The summed E-state index contributed by atoms with van der Waals surface area (Å²) >= 11 is 3.22. The summed E-state index contributed by atoms with van der Waals surface area (Å²) in [5, 5.41) is 9.62. The molecule has 1 fully saturated rings. The molecule has 1 amide bonds. The van der Waals surface area contributed by atoms with Gasteiger partial charge in [0.15, 0.2) is 0 Å². The number of phenolic OH excluding ortho intramolecular Hbond substituents is 1. The number of halogens is 1. The number of hydrogen-bond acceptors (Lipinski definition) is 2. The molecule has 0 bridgehead atoms. The van der Waals surface area contributed by atoms with Crippen LogP contribution in [-0.4, -0.2) is 29.0 Å². The molecule has 0 heterocycles. The molecule has 0 radical (unpaired) electrons. The maximum Gasteiger partial charge on any atom is 0.253 e. The maximum absolute atomic E-state index is 12.3. The molecular formula is C14H18BrNO2.